The molecule has 1 saturated heterocycles. The SMILES string of the molecule is C=CCNC(=O)C1N(C(=O)C(O)CNC(=O)c2cccc(O)c2C)CC(F)(F)C1(C)C. The van der Waals surface area contributed by atoms with Gasteiger partial charge in [-0.25, -0.2) is 8.78 Å². The van der Waals surface area contributed by atoms with E-state index in [2.05, 4.69) is 17.2 Å². The first-order valence-corrected chi connectivity index (χ1v) is 9.67. The summed E-state index contributed by atoms with van der Waals surface area (Å²) >= 11 is 0. The number of rotatable bonds is 7. The van der Waals surface area contributed by atoms with Gasteiger partial charge in [-0.1, -0.05) is 26.0 Å². The number of hydrogen-bond donors (Lipinski definition) is 4. The molecule has 4 N–H and O–H groups in total. The predicted octanol–water partition coefficient (Wildman–Crippen LogP) is 0.966. The van der Waals surface area contributed by atoms with Crippen LogP contribution in [0.25, 0.3) is 0 Å². The number of nitrogens with one attached hydrogen (secondary N) is 2. The van der Waals surface area contributed by atoms with Gasteiger partial charge in [0.1, 0.15) is 17.9 Å². The Hall–Kier alpha value is -3.01. The second-order valence-corrected chi connectivity index (χ2v) is 8.00. The Morgan fingerprint density at radius 3 is 2.58 bits per heavy atom. The first kappa shape index (κ1) is 24.3. The van der Waals surface area contributed by atoms with Gasteiger partial charge < -0.3 is 25.7 Å². The van der Waals surface area contributed by atoms with Gasteiger partial charge in [-0.2, -0.15) is 0 Å². The summed E-state index contributed by atoms with van der Waals surface area (Å²) in [5, 5.41) is 24.7. The third kappa shape index (κ3) is 4.68. The lowest BCUT2D eigenvalue weighted by molar-refractivity contribution is -0.146. The van der Waals surface area contributed by atoms with Crippen molar-refractivity contribution >= 4 is 17.7 Å². The van der Waals surface area contributed by atoms with Gasteiger partial charge in [0, 0.05) is 17.7 Å². The molecule has 0 spiro atoms. The molecule has 1 aromatic rings. The number of aromatic hydroxyl groups is 1. The molecule has 10 heteroatoms. The number of hydrogen-bond acceptors (Lipinski definition) is 5. The Bertz CT molecular complexity index is 888. The van der Waals surface area contributed by atoms with Crippen molar-refractivity contribution < 1.29 is 33.4 Å². The number of carbonyl (C=O) groups is 3. The van der Waals surface area contributed by atoms with E-state index < -0.39 is 54.3 Å². The predicted molar refractivity (Wildman–Crippen MR) is 109 cm³/mol. The van der Waals surface area contributed by atoms with Gasteiger partial charge in [-0.05, 0) is 19.1 Å². The van der Waals surface area contributed by atoms with E-state index in [1.54, 1.807) is 0 Å². The van der Waals surface area contributed by atoms with Crippen molar-refractivity contribution in [2.24, 2.45) is 5.41 Å². The fourth-order valence-corrected chi connectivity index (χ4v) is 3.48. The Labute approximate surface area is 178 Å². The first-order valence-electron chi connectivity index (χ1n) is 9.67. The summed E-state index contributed by atoms with van der Waals surface area (Å²) in [6.45, 7) is 5.75. The van der Waals surface area contributed by atoms with Gasteiger partial charge in [-0.3, -0.25) is 14.4 Å². The smallest absolute Gasteiger partial charge is 0.272 e. The van der Waals surface area contributed by atoms with Crippen molar-refractivity contribution in [3.8, 4) is 5.75 Å². The van der Waals surface area contributed by atoms with Gasteiger partial charge in [0.25, 0.3) is 17.7 Å². The molecule has 170 valence electrons. The number of amides is 3. The molecule has 0 aliphatic carbocycles. The first-order chi connectivity index (χ1) is 14.3. The van der Waals surface area contributed by atoms with Crippen LogP contribution in [-0.4, -0.2) is 70.5 Å². The highest BCUT2D eigenvalue weighted by atomic mass is 19.3. The van der Waals surface area contributed by atoms with Crippen LogP contribution in [0.3, 0.4) is 0 Å². The number of aliphatic hydroxyl groups is 1. The lowest BCUT2D eigenvalue weighted by Crippen LogP contribution is -2.55. The second kappa shape index (κ2) is 9.01. The van der Waals surface area contributed by atoms with Crippen LogP contribution < -0.4 is 10.6 Å². The summed E-state index contributed by atoms with van der Waals surface area (Å²) in [6, 6.07) is 2.78. The van der Waals surface area contributed by atoms with Crippen LogP contribution in [-0.2, 0) is 9.59 Å². The highest BCUT2D eigenvalue weighted by molar-refractivity contribution is 5.97. The van der Waals surface area contributed by atoms with Crippen LogP contribution in [0.2, 0.25) is 0 Å². The maximum Gasteiger partial charge on any atom is 0.272 e. The summed E-state index contributed by atoms with van der Waals surface area (Å²) in [5.41, 5.74) is -1.44. The van der Waals surface area contributed by atoms with Crippen LogP contribution in [0.1, 0.15) is 29.8 Å². The van der Waals surface area contributed by atoms with Crippen LogP contribution in [0.5, 0.6) is 5.75 Å². The Balaban J connectivity index is 2.15. The average molecular weight is 439 g/mol. The fraction of sp³-hybridized carbons (Fsp3) is 0.476. The van der Waals surface area contributed by atoms with Crippen molar-refractivity contribution in [1.29, 1.82) is 0 Å². The highest BCUT2D eigenvalue weighted by Crippen LogP contribution is 2.48. The van der Waals surface area contributed by atoms with E-state index in [0.29, 0.717) is 10.5 Å². The molecule has 1 aliphatic heterocycles. The summed E-state index contributed by atoms with van der Waals surface area (Å²) < 4.78 is 29.2. The lowest BCUT2D eigenvalue weighted by Gasteiger charge is -2.33. The summed E-state index contributed by atoms with van der Waals surface area (Å²) in [4.78, 5) is 38.2. The van der Waals surface area contributed by atoms with Gasteiger partial charge in [0.2, 0.25) is 5.91 Å². The molecule has 1 heterocycles. The summed E-state index contributed by atoms with van der Waals surface area (Å²) in [7, 11) is 0. The largest absolute Gasteiger partial charge is 0.508 e. The third-order valence-corrected chi connectivity index (χ3v) is 5.55. The zero-order valence-corrected chi connectivity index (χ0v) is 17.6. The molecule has 3 amide bonds. The van der Waals surface area contributed by atoms with Crippen molar-refractivity contribution in [1.82, 2.24) is 15.5 Å². The molecule has 2 rings (SSSR count). The number of phenols is 1. The lowest BCUT2D eigenvalue weighted by atomic mass is 9.81. The molecule has 1 fully saturated rings. The monoisotopic (exact) mass is 439 g/mol. The van der Waals surface area contributed by atoms with E-state index in [0.717, 1.165) is 0 Å². The van der Waals surface area contributed by atoms with Crippen molar-refractivity contribution in [3.63, 3.8) is 0 Å². The minimum atomic E-state index is -3.37. The van der Waals surface area contributed by atoms with Gasteiger partial charge in [0.15, 0.2) is 0 Å². The number of nitrogens with zero attached hydrogens (tertiary/aromatic N) is 1. The molecule has 1 aliphatic rings. The minimum absolute atomic E-state index is 0.0287. The van der Waals surface area contributed by atoms with Crippen molar-refractivity contribution in [2.45, 2.75) is 38.8 Å². The van der Waals surface area contributed by atoms with Crippen molar-refractivity contribution in [2.75, 3.05) is 19.6 Å². The van der Waals surface area contributed by atoms with Crippen LogP contribution >= 0.6 is 0 Å². The average Bonchev–Trinajstić information content (AvgIpc) is 2.89. The van der Waals surface area contributed by atoms with E-state index in [4.69, 9.17) is 0 Å². The van der Waals surface area contributed by atoms with E-state index in [9.17, 15) is 33.4 Å². The highest BCUT2D eigenvalue weighted by Gasteiger charge is 2.64. The van der Waals surface area contributed by atoms with E-state index in [-0.39, 0.29) is 17.9 Å². The molecule has 8 nitrogen and oxygen atoms in total. The van der Waals surface area contributed by atoms with E-state index >= 15 is 0 Å². The number of likely N-dealkylation sites (tertiary alicyclic amines) is 1. The van der Waals surface area contributed by atoms with E-state index in [1.165, 1.54) is 45.0 Å². The summed E-state index contributed by atoms with van der Waals surface area (Å²) in [6.07, 6.45) is -0.473. The number of phenolic OH excluding ortho intramolecular Hbond substituents is 1. The normalized spacial score (nSPS) is 20.1. The maximum atomic E-state index is 14.6. The van der Waals surface area contributed by atoms with Gasteiger partial charge in [0.05, 0.1) is 18.5 Å². The molecule has 1 aromatic carbocycles. The Morgan fingerprint density at radius 2 is 1.97 bits per heavy atom. The van der Waals surface area contributed by atoms with E-state index in [1.807, 2.05) is 0 Å². The second-order valence-electron chi connectivity index (χ2n) is 8.00. The van der Waals surface area contributed by atoms with Crippen LogP contribution in [0, 0.1) is 12.3 Å². The van der Waals surface area contributed by atoms with Crippen LogP contribution in [0.4, 0.5) is 8.78 Å². The molecular weight excluding hydrogens is 412 g/mol. The standard InChI is InChI=1S/C21H27F2N3O5/c1-5-9-24-18(30)16-20(3,4)21(22,23)11-26(16)19(31)15(28)10-25-17(29)13-7-6-8-14(27)12(13)2/h5-8,15-16,27-28H,1,9-11H2,2-4H3,(H,24,30)(H,25,29). The quantitative estimate of drug-likeness (QED) is 0.472. The number of alkyl halides is 2. The molecule has 0 aromatic heterocycles. The molecule has 0 bridgehead atoms. The molecule has 2 unspecified atom stereocenters. The minimum Gasteiger partial charge on any atom is -0.508 e. The number of carbonyl (C=O) groups excluding carboxylic acids is 3. The molecular formula is C21H27F2N3O5. The van der Waals surface area contributed by atoms with Crippen molar-refractivity contribution in [3.05, 3.63) is 42.0 Å². The maximum absolute atomic E-state index is 14.6. The molecule has 0 radical (unpaired) electrons. The topological polar surface area (TPSA) is 119 Å². The van der Waals surface area contributed by atoms with Crippen LogP contribution in [0.15, 0.2) is 30.9 Å². The number of halogens is 2. The Kier molecular flexibility index (Phi) is 7.05. The molecule has 0 saturated carbocycles. The van der Waals surface area contributed by atoms with Gasteiger partial charge >= 0.3 is 0 Å². The Morgan fingerprint density at radius 1 is 1.32 bits per heavy atom. The molecule has 31 heavy (non-hydrogen) atoms. The number of benzene rings is 1. The fourth-order valence-electron chi connectivity index (χ4n) is 3.48. The third-order valence-electron chi connectivity index (χ3n) is 5.55. The molecule has 2 atom stereocenters. The zero-order valence-electron chi connectivity index (χ0n) is 17.6. The van der Waals surface area contributed by atoms with Gasteiger partial charge in [-0.15, -0.1) is 6.58 Å². The number of aliphatic hydroxyl groups excluding tert-OH is 1. The zero-order chi connectivity index (χ0) is 23.6. The summed E-state index contributed by atoms with van der Waals surface area (Å²) in [5.74, 6) is -6.02.